The number of ether oxygens (including phenoxy) is 1. The van der Waals surface area contributed by atoms with Crippen LogP contribution in [0.2, 0.25) is 0 Å². The lowest BCUT2D eigenvalue weighted by atomic mass is 9.95. The maximum absolute atomic E-state index is 6.09. The molecule has 1 aromatic rings. The summed E-state index contributed by atoms with van der Waals surface area (Å²) in [5.74, 6) is 0. The van der Waals surface area contributed by atoms with Crippen LogP contribution in [0.15, 0.2) is 12.1 Å². The second-order valence-corrected chi connectivity index (χ2v) is 8.01. The summed E-state index contributed by atoms with van der Waals surface area (Å²) >= 11 is 1.91. The summed E-state index contributed by atoms with van der Waals surface area (Å²) in [5, 5.41) is 0. The first kappa shape index (κ1) is 16.0. The Morgan fingerprint density at radius 1 is 1.40 bits per heavy atom. The number of thiophene rings is 1. The highest BCUT2D eigenvalue weighted by Crippen LogP contribution is 2.35. The Kier molecular flexibility index (Phi) is 4.90. The van der Waals surface area contributed by atoms with Crippen molar-refractivity contribution in [1.29, 1.82) is 0 Å². The molecule has 1 aromatic heterocycles. The van der Waals surface area contributed by atoms with Crippen LogP contribution >= 0.6 is 11.3 Å². The minimum Gasteiger partial charge on any atom is -0.376 e. The van der Waals surface area contributed by atoms with Crippen LogP contribution in [0.1, 0.15) is 50.4 Å². The van der Waals surface area contributed by atoms with Crippen molar-refractivity contribution < 1.29 is 4.74 Å². The van der Waals surface area contributed by atoms with E-state index in [9.17, 15) is 0 Å². The smallest absolute Gasteiger partial charge is 0.0675 e. The van der Waals surface area contributed by atoms with Crippen molar-refractivity contribution in [3.8, 4) is 0 Å². The minimum absolute atomic E-state index is 0.214. The Labute approximate surface area is 127 Å². The molecule has 3 unspecified atom stereocenters. The Bertz CT molecular complexity index is 438. The zero-order chi connectivity index (χ0) is 14.9. The molecule has 0 spiro atoms. The van der Waals surface area contributed by atoms with E-state index in [1.54, 1.807) is 0 Å². The molecule has 1 aliphatic heterocycles. The highest BCUT2D eigenvalue weighted by Gasteiger charge is 2.31. The van der Waals surface area contributed by atoms with Gasteiger partial charge in [-0.3, -0.25) is 4.90 Å². The van der Waals surface area contributed by atoms with Crippen molar-refractivity contribution >= 4 is 11.3 Å². The molecular formula is C16H28N2OS. The second kappa shape index (κ2) is 6.14. The summed E-state index contributed by atoms with van der Waals surface area (Å²) in [4.78, 5) is 5.32. The van der Waals surface area contributed by atoms with Gasteiger partial charge >= 0.3 is 0 Å². The highest BCUT2D eigenvalue weighted by molar-refractivity contribution is 7.12. The van der Waals surface area contributed by atoms with Crippen molar-refractivity contribution in [3.05, 3.63) is 21.9 Å². The topological polar surface area (TPSA) is 38.5 Å². The van der Waals surface area contributed by atoms with Gasteiger partial charge in [0.05, 0.1) is 18.8 Å². The van der Waals surface area contributed by atoms with E-state index in [0.29, 0.717) is 24.7 Å². The monoisotopic (exact) mass is 296 g/mol. The summed E-state index contributed by atoms with van der Waals surface area (Å²) in [6.45, 7) is 13.6. The van der Waals surface area contributed by atoms with Crippen LogP contribution in [-0.4, -0.2) is 36.7 Å². The zero-order valence-corrected chi connectivity index (χ0v) is 14.2. The fraction of sp³-hybridized carbons (Fsp3) is 0.750. The van der Waals surface area contributed by atoms with Gasteiger partial charge in [0.1, 0.15) is 0 Å². The third kappa shape index (κ3) is 3.42. The first-order valence-corrected chi connectivity index (χ1v) is 8.32. The normalized spacial score (nSPS) is 26.7. The molecule has 2 N–H and O–H groups in total. The first-order chi connectivity index (χ1) is 9.32. The van der Waals surface area contributed by atoms with Gasteiger partial charge in [-0.2, -0.15) is 0 Å². The van der Waals surface area contributed by atoms with Crippen LogP contribution in [0, 0.1) is 0 Å². The van der Waals surface area contributed by atoms with Gasteiger partial charge in [-0.05, 0) is 31.4 Å². The number of hydrogen-bond donors (Lipinski definition) is 1. The third-order valence-electron chi connectivity index (χ3n) is 3.97. The van der Waals surface area contributed by atoms with Gasteiger partial charge in [0.2, 0.25) is 0 Å². The van der Waals surface area contributed by atoms with Gasteiger partial charge in [0.25, 0.3) is 0 Å². The van der Waals surface area contributed by atoms with Crippen LogP contribution in [0.4, 0.5) is 0 Å². The van der Waals surface area contributed by atoms with Crippen molar-refractivity contribution in [2.75, 3.05) is 19.7 Å². The molecule has 1 fully saturated rings. The molecule has 0 aromatic carbocycles. The van der Waals surface area contributed by atoms with E-state index >= 15 is 0 Å². The number of nitrogens with zero attached hydrogens (tertiary/aromatic N) is 1. The van der Waals surface area contributed by atoms with Gasteiger partial charge in [-0.1, -0.05) is 20.8 Å². The summed E-state index contributed by atoms with van der Waals surface area (Å²) in [5.41, 5.74) is 6.30. The molecule has 3 nitrogen and oxygen atoms in total. The maximum Gasteiger partial charge on any atom is 0.0675 e. The molecule has 1 saturated heterocycles. The molecule has 4 heteroatoms. The summed E-state index contributed by atoms with van der Waals surface area (Å²) < 4.78 is 5.73. The van der Waals surface area contributed by atoms with E-state index in [1.165, 1.54) is 9.75 Å². The number of hydrogen-bond acceptors (Lipinski definition) is 4. The molecule has 0 aliphatic carbocycles. The molecule has 0 saturated carbocycles. The number of morpholine rings is 1. The summed E-state index contributed by atoms with van der Waals surface area (Å²) in [7, 11) is 0. The predicted molar refractivity (Wildman–Crippen MR) is 86.4 cm³/mol. The fourth-order valence-corrected chi connectivity index (χ4v) is 3.91. The Balaban J connectivity index is 2.21. The maximum atomic E-state index is 6.09. The van der Waals surface area contributed by atoms with Gasteiger partial charge in [-0.25, -0.2) is 0 Å². The van der Waals surface area contributed by atoms with Gasteiger partial charge in [0, 0.05) is 28.9 Å². The van der Waals surface area contributed by atoms with E-state index in [4.69, 9.17) is 10.5 Å². The third-order valence-corrected chi connectivity index (χ3v) is 5.59. The Morgan fingerprint density at radius 3 is 2.65 bits per heavy atom. The van der Waals surface area contributed by atoms with E-state index in [2.05, 4.69) is 51.7 Å². The van der Waals surface area contributed by atoms with E-state index < -0.39 is 0 Å². The van der Waals surface area contributed by atoms with Crippen LogP contribution in [-0.2, 0) is 10.2 Å². The molecule has 1 aliphatic rings. The van der Waals surface area contributed by atoms with Gasteiger partial charge in [-0.15, -0.1) is 11.3 Å². The largest absolute Gasteiger partial charge is 0.376 e. The van der Waals surface area contributed by atoms with Crippen molar-refractivity contribution in [3.63, 3.8) is 0 Å². The molecule has 0 radical (unpaired) electrons. The first-order valence-electron chi connectivity index (χ1n) is 7.50. The highest BCUT2D eigenvalue weighted by atomic mass is 32.1. The lowest BCUT2D eigenvalue weighted by Gasteiger charge is -2.41. The van der Waals surface area contributed by atoms with E-state index in [0.717, 1.165) is 13.2 Å². The Hall–Kier alpha value is -0.420. The van der Waals surface area contributed by atoms with Crippen LogP contribution in [0.3, 0.4) is 0 Å². The fourth-order valence-electron chi connectivity index (χ4n) is 2.71. The lowest BCUT2D eigenvalue weighted by Crippen LogP contribution is -2.50. The molecule has 114 valence electrons. The van der Waals surface area contributed by atoms with E-state index in [-0.39, 0.29) is 5.41 Å². The average Bonchev–Trinajstić information content (AvgIpc) is 2.84. The number of nitrogens with two attached hydrogens (primary N) is 1. The predicted octanol–water partition coefficient (Wildman–Crippen LogP) is 3.15. The second-order valence-electron chi connectivity index (χ2n) is 6.89. The summed E-state index contributed by atoms with van der Waals surface area (Å²) in [6, 6.07) is 5.27. The molecular weight excluding hydrogens is 268 g/mol. The SMILES string of the molecule is CC1CN(C(CN)c2ccc(C(C)(C)C)s2)C(C)CO1. The molecule has 0 amide bonds. The lowest BCUT2D eigenvalue weighted by molar-refractivity contribution is -0.0648. The standard InChI is InChI=1S/C16H28N2OS/c1-11-10-19-12(2)9-18(11)13(8-17)14-6-7-15(20-14)16(3,4)5/h6-7,11-13H,8-10,17H2,1-5H3. The van der Waals surface area contributed by atoms with Gasteiger partial charge < -0.3 is 10.5 Å². The van der Waals surface area contributed by atoms with Crippen LogP contribution in [0.5, 0.6) is 0 Å². The minimum atomic E-state index is 0.214. The number of rotatable bonds is 3. The van der Waals surface area contributed by atoms with Gasteiger partial charge in [0.15, 0.2) is 0 Å². The van der Waals surface area contributed by atoms with Crippen molar-refractivity contribution in [1.82, 2.24) is 4.90 Å². The summed E-state index contributed by atoms with van der Waals surface area (Å²) in [6.07, 6.45) is 0.294. The molecule has 2 rings (SSSR count). The quantitative estimate of drug-likeness (QED) is 0.931. The molecule has 2 heterocycles. The van der Waals surface area contributed by atoms with Crippen molar-refractivity contribution in [2.24, 2.45) is 5.73 Å². The molecule has 3 atom stereocenters. The zero-order valence-electron chi connectivity index (χ0n) is 13.3. The molecule has 20 heavy (non-hydrogen) atoms. The molecule has 0 bridgehead atoms. The van der Waals surface area contributed by atoms with Crippen molar-refractivity contribution in [2.45, 2.75) is 58.2 Å². The Morgan fingerprint density at radius 2 is 2.10 bits per heavy atom. The van der Waals surface area contributed by atoms with Crippen LogP contribution in [0.25, 0.3) is 0 Å². The van der Waals surface area contributed by atoms with E-state index in [1.807, 2.05) is 11.3 Å². The average molecular weight is 296 g/mol. The van der Waals surface area contributed by atoms with Crippen LogP contribution < -0.4 is 5.73 Å².